The lowest BCUT2D eigenvalue weighted by Crippen LogP contribution is -2.62. The van der Waals surface area contributed by atoms with Crippen molar-refractivity contribution in [2.75, 3.05) is 26.3 Å². The zero-order valence-electron chi connectivity index (χ0n) is 60.6. The Hall–Kier alpha value is -10.8. The van der Waals surface area contributed by atoms with Gasteiger partial charge < -0.3 is 106 Å². The maximum absolute atomic E-state index is 15.3. The molecule has 0 bridgehead atoms. The van der Waals surface area contributed by atoms with E-state index in [0.29, 0.717) is 28.7 Å². The number of nitrogens with zero attached hydrogens (tertiary/aromatic N) is 4. The highest BCUT2D eigenvalue weighted by atomic mass is 16.7. The smallest absolute Gasteiger partial charge is 0.246 e. The molecule has 3 aliphatic heterocycles. The Morgan fingerprint density at radius 1 is 0.560 bits per heavy atom. The van der Waals surface area contributed by atoms with E-state index < -0.39 is 201 Å². The van der Waals surface area contributed by atoms with Crippen molar-refractivity contribution in [1.29, 1.82) is 0 Å². The number of carbonyl (C=O) groups excluding carboxylic acids is 12. The lowest BCUT2D eigenvalue weighted by molar-refractivity contribution is -0.266. The predicted molar refractivity (Wildman–Crippen MR) is 390 cm³/mol. The van der Waals surface area contributed by atoms with E-state index >= 15 is 24.0 Å². The van der Waals surface area contributed by atoms with Gasteiger partial charge in [0, 0.05) is 51.3 Å². The van der Waals surface area contributed by atoms with E-state index in [1.165, 1.54) is 40.0 Å². The van der Waals surface area contributed by atoms with Gasteiger partial charge in [-0.1, -0.05) is 122 Å². The standard InChI is InChI=1S/C74H99N17O18/c1-41(2)32-50-66(100)87-56(36-44-18-10-5-11-19-44)73(107)91-29-13-21-57(91)72(106)86-53(34-43-16-8-4-9-17-43)69(103)83-51(33-42-14-6-3-7-15-42)68(102)85-55(38-60(77)95)71(105)80-49(26-27-59(76)94)65(99)82-52(35-45-22-24-47(93)25-23-45)67(101)84-54(70(104)79-48(20-12-28-75)64(98)81-50)37-46-39-90(89-88-46)30-31-108-74-61(78)63(97)62(96)58(40-92)109-74/h3-11,14-19,22-25,39,41,48-58,61-63,74,92-93,96-97H,12-13,20-21,26-38,40,75,78H2,1-2H3,(H2,76,94)(H2,77,95)(H,79,104)(H,80,105)(H,81,98)(H,82,99)(H,83,103)(H,84,101)(H,85,102)(H,86,106)(H,87,100)/t48-,49-,50-,51+,52-,53-,54-,55-,56+,57-,58+,61+,62+,63+,74+/m0/s1. The molecule has 35 nitrogen and oxygen atoms in total. The molecule has 4 heterocycles. The van der Waals surface area contributed by atoms with Crippen molar-refractivity contribution in [2.45, 2.75) is 195 Å². The first-order chi connectivity index (χ1) is 52.2. The SMILES string of the molecule is CC(C)C[C@@H]1NC(=O)[C@H](CCCN)NC(=O)[C@H](Cc2cn(CCO[C@@H]3O[C@H](CO)[C@@H](O)[C@H](O)[C@H]3N)nn2)NC(=O)[C@H](Cc2ccc(O)cc2)NC(=O)[C@H](CCC(N)=O)NC(=O)[C@H](CC(N)=O)NC(=O)[C@@H](Cc2ccccc2)NC(=O)[C@H](Cc2ccccc2)NC(=O)[C@@H]2CCCN2C(=O)[C@@H](Cc2ccccc2)NC1=O. The van der Waals surface area contributed by atoms with Crippen molar-refractivity contribution in [3.63, 3.8) is 0 Å². The topological polar surface area (TPSA) is 551 Å². The van der Waals surface area contributed by atoms with Gasteiger partial charge in [-0.3, -0.25) is 57.5 Å². The Bertz CT molecular complexity index is 3910. The van der Waals surface area contributed by atoms with Crippen LogP contribution in [0.4, 0.5) is 0 Å². The number of aliphatic hydroxyl groups is 3. The van der Waals surface area contributed by atoms with Crippen LogP contribution >= 0.6 is 0 Å². The van der Waals surface area contributed by atoms with Crippen molar-refractivity contribution < 1.29 is 87.4 Å². The van der Waals surface area contributed by atoms with Crippen LogP contribution in [0.15, 0.2) is 121 Å². The molecule has 588 valence electrons. The summed E-state index contributed by atoms with van der Waals surface area (Å²) in [5.74, 6) is -12.2. The second-order valence-electron chi connectivity index (χ2n) is 27.7. The summed E-state index contributed by atoms with van der Waals surface area (Å²) in [7, 11) is 0. The van der Waals surface area contributed by atoms with Gasteiger partial charge in [-0.2, -0.15) is 0 Å². The fraction of sp³-hybridized carbons (Fsp3) is 0.486. The summed E-state index contributed by atoms with van der Waals surface area (Å²) in [5.41, 5.74) is 25.4. The number of fused-ring (bicyclic) bond motifs is 1. The van der Waals surface area contributed by atoms with Crippen LogP contribution in [0.25, 0.3) is 0 Å². The number of hydrogen-bond donors (Lipinski definition) is 17. The number of ether oxygens (including phenoxy) is 2. The van der Waals surface area contributed by atoms with Gasteiger partial charge in [-0.15, -0.1) is 5.10 Å². The Kier molecular flexibility index (Phi) is 31.5. The number of aromatic nitrogens is 3. The van der Waals surface area contributed by atoms with Crippen LogP contribution in [0.3, 0.4) is 0 Å². The Morgan fingerprint density at radius 2 is 1.00 bits per heavy atom. The molecule has 0 aliphatic carbocycles. The van der Waals surface area contributed by atoms with Gasteiger partial charge in [-0.25, -0.2) is 4.68 Å². The summed E-state index contributed by atoms with van der Waals surface area (Å²) >= 11 is 0. The van der Waals surface area contributed by atoms with E-state index in [4.69, 9.17) is 32.4 Å². The molecule has 4 aromatic carbocycles. The van der Waals surface area contributed by atoms with Crippen LogP contribution in [0, 0.1) is 5.92 Å². The summed E-state index contributed by atoms with van der Waals surface area (Å²) in [5, 5.41) is 73.3. The first kappa shape index (κ1) is 83.8. The summed E-state index contributed by atoms with van der Waals surface area (Å²) in [4.78, 5) is 177. The fourth-order valence-corrected chi connectivity index (χ4v) is 12.9. The molecule has 109 heavy (non-hydrogen) atoms. The van der Waals surface area contributed by atoms with E-state index in [1.54, 1.807) is 105 Å². The average Bonchev–Trinajstić information content (AvgIpc) is 1.79. The average molecular weight is 1510 g/mol. The summed E-state index contributed by atoms with van der Waals surface area (Å²) < 4.78 is 12.6. The maximum atomic E-state index is 15.3. The van der Waals surface area contributed by atoms with Crippen LogP contribution in [-0.4, -0.2) is 229 Å². The first-order valence-electron chi connectivity index (χ1n) is 36.3. The van der Waals surface area contributed by atoms with Crippen molar-refractivity contribution >= 4 is 70.9 Å². The van der Waals surface area contributed by atoms with Crippen LogP contribution in [-0.2, 0) is 106 Å². The van der Waals surface area contributed by atoms with Gasteiger partial charge >= 0.3 is 0 Å². The second kappa shape index (κ2) is 40.9. The molecule has 12 amide bonds. The van der Waals surface area contributed by atoms with Gasteiger partial charge in [0.1, 0.15) is 84.5 Å². The Morgan fingerprint density at radius 3 is 1.50 bits per heavy atom. The molecule has 0 radical (unpaired) electrons. The van der Waals surface area contributed by atoms with E-state index in [0.717, 1.165) is 0 Å². The molecule has 3 fully saturated rings. The Balaban J connectivity index is 1.20. The molecule has 3 aliphatic rings. The van der Waals surface area contributed by atoms with Crippen molar-refractivity contribution in [3.05, 3.63) is 149 Å². The summed E-state index contributed by atoms with van der Waals surface area (Å²) in [6, 6.07) is 14.0. The number of phenolic OH excluding ortho intramolecular Hbond substituents is 1. The molecular weight excluding hydrogens is 1410 g/mol. The zero-order chi connectivity index (χ0) is 78.8. The van der Waals surface area contributed by atoms with E-state index in [1.807, 2.05) is 0 Å². The Labute approximate surface area is 628 Å². The number of primary amides is 2. The highest BCUT2D eigenvalue weighted by molar-refractivity contribution is 6.01. The lowest BCUT2D eigenvalue weighted by Gasteiger charge is -2.40. The third kappa shape index (κ3) is 25.1. The van der Waals surface area contributed by atoms with Crippen molar-refractivity contribution in [3.8, 4) is 5.75 Å². The van der Waals surface area contributed by atoms with Gasteiger partial charge in [0.05, 0.1) is 37.9 Å². The minimum absolute atomic E-state index is 0.000754. The number of nitrogens with one attached hydrogen (secondary N) is 9. The second-order valence-corrected chi connectivity index (χ2v) is 27.7. The number of aliphatic hydroxyl groups excluding tert-OH is 3. The van der Waals surface area contributed by atoms with Gasteiger partial charge in [0.15, 0.2) is 6.29 Å². The largest absolute Gasteiger partial charge is 0.508 e. The molecule has 5 aromatic rings. The number of nitrogens with two attached hydrogens (primary N) is 4. The molecule has 21 N–H and O–H groups in total. The third-order valence-electron chi connectivity index (χ3n) is 18.8. The fourth-order valence-electron chi connectivity index (χ4n) is 12.9. The van der Waals surface area contributed by atoms with Gasteiger partial charge in [-0.05, 0) is 85.4 Å². The van der Waals surface area contributed by atoms with Crippen LogP contribution in [0.5, 0.6) is 5.75 Å². The number of amides is 12. The molecule has 0 spiro atoms. The molecule has 35 heteroatoms. The number of hydrogen-bond acceptors (Lipinski definition) is 22. The van der Waals surface area contributed by atoms with Crippen molar-refractivity contribution in [2.24, 2.45) is 28.9 Å². The predicted octanol–water partition coefficient (Wildman–Crippen LogP) is -4.43. The van der Waals surface area contributed by atoms with Crippen LogP contribution < -0.4 is 70.8 Å². The normalized spacial score (nSPS) is 26.3. The van der Waals surface area contributed by atoms with E-state index in [2.05, 4.69) is 58.2 Å². The minimum atomic E-state index is -1.92. The minimum Gasteiger partial charge on any atom is -0.508 e. The lowest BCUT2D eigenvalue weighted by atomic mass is 9.98. The third-order valence-corrected chi connectivity index (χ3v) is 18.8. The highest BCUT2D eigenvalue weighted by Crippen LogP contribution is 2.24. The number of rotatable bonds is 25. The molecule has 15 atom stereocenters. The number of benzene rings is 4. The van der Waals surface area contributed by atoms with E-state index in [9.17, 15) is 54.0 Å². The van der Waals surface area contributed by atoms with Crippen LogP contribution in [0.2, 0.25) is 0 Å². The molecule has 0 saturated carbocycles. The maximum Gasteiger partial charge on any atom is 0.246 e. The van der Waals surface area contributed by atoms with Gasteiger partial charge in [0.25, 0.3) is 0 Å². The number of phenols is 1. The molecule has 8 rings (SSSR count). The highest BCUT2D eigenvalue weighted by Gasteiger charge is 2.45. The van der Waals surface area contributed by atoms with Crippen LogP contribution in [0.1, 0.15) is 93.2 Å². The number of aromatic hydroxyl groups is 1. The van der Waals surface area contributed by atoms with Gasteiger partial charge in [0.2, 0.25) is 70.9 Å². The molecule has 1 aromatic heterocycles. The van der Waals surface area contributed by atoms with E-state index in [-0.39, 0.29) is 88.5 Å². The molecule has 3 saturated heterocycles. The summed E-state index contributed by atoms with van der Waals surface area (Å²) in [6.07, 6.45) is -7.29. The van der Waals surface area contributed by atoms with Crippen molar-refractivity contribution in [1.82, 2.24) is 67.7 Å². The molecule has 0 unspecified atom stereocenters. The molecular formula is C74H99N17O18. The number of carbonyl (C=O) groups is 12. The monoisotopic (exact) mass is 1510 g/mol. The zero-order valence-corrected chi connectivity index (χ0v) is 60.6. The summed E-state index contributed by atoms with van der Waals surface area (Å²) in [6.45, 7) is 2.66. The first-order valence-corrected chi connectivity index (χ1v) is 36.3. The quantitative estimate of drug-likeness (QED) is 0.0262.